The summed E-state index contributed by atoms with van der Waals surface area (Å²) < 4.78 is 11.4. The maximum Gasteiger partial charge on any atom is 0.345 e. The SMILES string of the molecule is CC(C)C1CCC2C3=C1C1=C4C(CC5C(C)(C(=O)OC(CC(=O)O)C(=O)O)CCCC5(C)C4CCC1C(C)C)C3CC1C(C)(C(=O)OC(CC(=O)O)C(=O)O)CCCC21C. The molecule has 14 atom stereocenters. The van der Waals surface area contributed by atoms with Gasteiger partial charge in [-0.15, -0.1) is 0 Å². The van der Waals surface area contributed by atoms with E-state index in [2.05, 4.69) is 41.5 Å². The summed E-state index contributed by atoms with van der Waals surface area (Å²) in [4.78, 5) is 76.7. The molecule has 0 heterocycles. The number of aliphatic carboxylic acids is 4. The van der Waals surface area contributed by atoms with E-state index >= 15 is 0 Å². The van der Waals surface area contributed by atoms with E-state index in [1.807, 2.05) is 13.8 Å². The molecule has 0 aliphatic heterocycles. The summed E-state index contributed by atoms with van der Waals surface area (Å²) in [6.07, 6.45) is 4.55. The van der Waals surface area contributed by atoms with Crippen LogP contribution in [-0.2, 0) is 38.2 Å². The number of carbonyl (C=O) groups excluding carboxylic acids is 2. The molecule has 4 fully saturated rings. The molecule has 332 valence electrons. The Morgan fingerprint density at radius 2 is 0.917 bits per heavy atom. The monoisotopic (exact) mass is 836 g/mol. The van der Waals surface area contributed by atoms with Gasteiger partial charge < -0.3 is 29.9 Å². The molecule has 12 heteroatoms. The Labute approximate surface area is 354 Å². The maximum absolute atomic E-state index is 14.5. The molecule has 4 saturated carbocycles. The van der Waals surface area contributed by atoms with E-state index in [4.69, 9.17) is 9.47 Å². The van der Waals surface area contributed by atoms with E-state index < -0.39 is 71.7 Å². The molecule has 4 N–H and O–H groups in total. The van der Waals surface area contributed by atoms with E-state index in [0.29, 0.717) is 49.4 Å². The summed E-state index contributed by atoms with van der Waals surface area (Å²) in [6, 6.07) is 0. The van der Waals surface area contributed by atoms with Crippen LogP contribution in [0, 0.1) is 80.8 Å². The van der Waals surface area contributed by atoms with Gasteiger partial charge in [0.1, 0.15) is 0 Å². The number of allylic oxidation sites excluding steroid dienone is 4. The van der Waals surface area contributed by atoms with Crippen molar-refractivity contribution in [2.45, 2.75) is 157 Å². The van der Waals surface area contributed by atoms with E-state index in [1.54, 1.807) is 11.1 Å². The molecule has 60 heavy (non-hydrogen) atoms. The van der Waals surface area contributed by atoms with Gasteiger partial charge in [0.15, 0.2) is 0 Å². The number of ether oxygens (including phenoxy) is 2. The van der Waals surface area contributed by atoms with Crippen LogP contribution >= 0.6 is 0 Å². The van der Waals surface area contributed by atoms with Crippen molar-refractivity contribution in [1.29, 1.82) is 0 Å². The number of hydrogen-bond acceptors (Lipinski definition) is 8. The van der Waals surface area contributed by atoms with Crippen molar-refractivity contribution in [1.82, 2.24) is 0 Å². The topological polar surface area (TPSA) is 202 Å². The third kappa shape index (κ3) is 6.83. The van der Waals surface area contributed by atoms with Crippen LogP contribution in [0.4, 0.5) is 0 Å². The van der Waals surface area contributed by atoms with Crippen LogP contribution in [0.25, 0.3) is 0 Å². The van der Waals surface area contributed by atoms with Crippen molar-refractivity contribution in [3.63, 3.8) is 0 Å². The molecule has 14 unspecified atom stereocenters. The Hall–Kier alpha value is -3.70. The van der Waals surface area contributed by atoms with E-state index in [9.17, 15) is 49.2 Å². The van der Waals surface area contributed by atoms with Crippen LogP contribution in [0.15, 0.2) is 22.3 Å². The van der Waals surface area contributed by atoms with Gasteiger partial charge in [0, 0.05) is 0 Å². The molecule has 0 radical (unpaired) electrons. The van der Waals surface area contributed by atoms with Crippen LogP contribution in [0.2, 0.25) is 0 Å². The minimum Gasteiger partial charge on any atom is -0.481 e. The fourth-order valence-corrected chi connectivity index (χ4v) is 15.4. The Balaban J connectivity index is 1.39. The second kappa shape index (κ2) is 15.6. The lowest BCUT2D eigenvalue weighted by molar-refractivity contribution is -0.189. The largest absolute Gasteiger partial charge is 0.481 e. The summed E-state index contributed by atoms with van der Waals surface area (Å²) in [6.45, 7) is 17.9. The molecule has 0 aromatic heterocycles. The Morgan fingerprint density at radius 3 is 1.22 bits per heavy atom. The van der Waals surface area contributed by atoms with Gasteiger partial charge in [0.2, 0.25) is 12.2 Å². The van der Waals surface area contributed by atoms with Crippen LogP contribution in [0.1, 0.15) is 145 Å². The third-order valence-electron chi connectivity index (χ3n) is 18.1. The van der Waals surface area contributed by atoms with Gasteiger partial charge in [0.25, 0.3) is 0 Å². The summed E-state index contributed by atoms with van der Waals surface area (Å²) in [5, 5.41) is 38.8. The summed E-state index contributed by atoms with van der Waals surface area (Å²) in [5.41, 5.74) is 3.53. The fourth-order valence-electron chi connectivity index (χ4n) is 15.4. The van der Waals surface area contributed by atoms with Gasteiger partial charge in [-0.25, -0.2) is 9.59 Å². The van der Waals surface area contributed by atoms with Gasteiger partial charge in [-0.2, -0.15) is 0 Å². The zero-order valence-corrected chi connectivity index (χ0v) is 36.9. The Morgan fingerprint density at radius 1 is 0.567 bits per heavy atom. The standard InChI is InChI=1S/C48H68O12/c1-23(2)25-11-13-29-37-27(19-33-45(29,5)15-9-17-47(33,7)43(57)59-31(41(53)54)21-35(49)50)28-20-34-46(6,30-14-12-26(24(3)4)40(38(28)30)39(25)37)16-10-18-48(34,8)44(58)60-32(42(55)56)22-36(51)52/h23-34H,9-22H2,1-8H3,(H,49,50)(H,51,52)(H,53,54)(H,55,56). The quantitative estimate of drug-likeness (QED) is 0.137. The molecule has 0 spiro atoms. The van der Waals surface area contributed by atoms with E-state index in [-0.39, 0.29) is 46.3 Å². The highest BCUT2D eigenvalue weighted by atomic mass is 16.6. The molecule has 0 amide bonds. The number of carboxylic acids is 4. The van der Waals surface area contributed by atoms with Gasteiger partial charge >= 0.3 is 35.8 Å². The Kier molecular flexibility index (Phi) is 11.5. The molecular weight excluding hydrogens is 769 g/mol. The van der Waals surface area contributed by atoms with Gasteiger partial charge in [-0.1, -0.05) is 65.5 Å². The predicted molar refractivity (Wildman–Crippen MR) is 219 cm³/mol. The smallest absolute Gasteiger partial charge is 0.345 e. The average molecular weight is 837 g/mol. The first-order chi connectivity index (χ1) is 28.0. The number of rotatable bonds is 12. The lowest BCUT2D eigenvalue weighted by Crippen LogP contribution is -2.62. The average Bonchev–Trinajstić information content (AvgIpc) is 3.15. The van der Waals surface area contributed by atoms with Crippen molar-refractivity contribution < 1.29 is 58.7 Å². The van der Waals surface area contributed by atoms with Crippen LogP contribution in [-0.4, -0.2) is 68.4 Å². The number of esters is 2. The van der Waals surface area contributed by atoms with Gasteiger partial charge in [-0.05, 0) is 159 Å². The van der Waals surface area contributed by atoms with Crippen LogP contribution < -0.4 is 0 Å². The summed E-state index contributed by atoms with van der Waals surface area (Å²) in [5.74, 6) is -5.23. The second-order valence-electron chi connectivity index (χ2n) is 21.7. The van der Waals surface area contributed by atoms with Crippen LogP contribution in [0.5, 0.6) is 0 Å². The summed E-state index contributed by atoms with van der Waals surface area (Å²) >= 11 is 0. The van der Waals surface area contributed by atoms with E-state index in [1.165, 1.54) is 11.1 Å². The normalized spacial score (nSPS) is 40.3. The molecule has 7 aliphatic carbocycles. The number of carboxylic acid groups (broad SMARTS) is 4. The first-order valence-electron chi connectivity index (χ1n) is 22.8. The van der Waals surface area contributed by atoms with Crippen molar-refractivity contribution in [2.24, 2.45) is 80.8 Å². The van der Waals surface area contributed by atoms with Gasteiger partial charge in [0.05, 0.1) is 23.7 Å². The van der Waals surface area contributed by atoms with Crippen molar-refractivity contribution >= 4 is 35.8 Å². The van der Waals surface area contributed by atoms with Crippen molar-refractivity contribution in [2.75, 3.05) is 0 Å². The maximum atomic E-state index is 14.5. The minimum atomic E-state index is -1.79. The molecular formula is C48H68O12. The molecule has 7 aliphatic rings. The highest BCUT2D eigenvalue weighted by Gasteiger charge is 2.68. The molecule has 0 bridgehead atoms. The highest BCUT2D eigenvalue weighted by molar-refractivity contribution is 5.86. The minimum absolute atomic E-state index is 0.0572. The zero-order chi connectivity index (χ0) is 44.0. The highest BCUT2D eigenvalue weighted by Crippen LogP contribution is 2.74. The van der Waals surface area contributed by atoms with Crippen molar-refractivity contribution in [3.05, 3.63) is 22.3 Å². The van der Waals surface area contributed by atoms with Crippen molar-refractivity contribution in [3.8, 4) is 0 Å². The van der Waals surface area contributed by atoms with E-state index in [0.717, 1.165) is 51.4 Å². The number of hydrogen-bond donors (Lipinski definition) is 4. The molecule has 7 rings (SSSR count). The Bertz CT molecular complexity index is 1760. The van der Waals surface area contributed by atoms with Crippen LogP contribution in [0.3, 0.4) is 0 Å². The zero-order valence-electron chi connectivity index (χ0n) is 36.9. The lowest BCUT2D eigenvalue weighted by Gasteiger charge is -2.68. The molecule has 12 nitrogen and oxygen atoms in total. The lowest BCUT2D eigenvalue weighted by atomic mass is 9.36. The third-order valence-corrected chi connectivity index (χ3v) is 18.1. The number of fused-ring (bicyclic) bond motifs is 6. The molecule has 0 aromatic carbocycles. The second-order valence-corrected chi connectivity index (χ2v) is 21.7. The first kappa shape index (κ1) is 44.4. The predicted octanol–water partition coefficient (Wildman–Crippen LogP) is 8.57. The summed E-state index contributed by atoms with van der Waals surface area (Å²) in [7, 11) is 0. The molecule has 0 saturated heterocycles. The fraction of sp³-hybridized carbons (Fsp3) is 0.792. The van der Waals surface area contributed by atoms with Gasteiger partial charge in [-0.3, -0.25) is 19.2 Å². The first-order valence-corrected chi connectivity index (χ1v) is 22.8. The molecule has 0 aromatic rings. The number of carbonyl (C=O) groups is 6.